The van der Waals surface area contributed by atoms with Gasteiger partial charge < -0.3 is 9.64 Å². The topological polar surface area (TPSA) is 63.7 Å². The number of aryl methyl sites for hydroxylation is 2. The van der Waals surface area contributed by atoms with E-state index >= 15 is 0 Å². The van der Waals surface area contributed by atoms with Crippen LogP contribution >= 0.6 is 0 Å². The summed E-state index contributed by atoms with van der Waals surface area (Å²) in [7, 11) is 0. The lowest BCUT2D eigenvalue weighted by atomic mass is 9.95. The van der Waals surface area contributed by atoms with Gasteiger partial charge in [0.25, 0.3) is 5.91 Å². The van der Waals surface area contributed by atoms with Gasteiger partial charge >= 0.3 is 5.97 Å². The highest BCUT2D eigenvalue weighted by atomic mass is 16.5. The van der Waals surface area contributed by atoms with Gasteiger partial charge in [-0.1, -0.05) is 6.07 Å². The van der Waals surface area contributed by atoms with Crippen LogP contribution in [0.5, 0.6) is 0 Å². The number of hydrogen-bond donors (Lipinski definition) is 0. The Morgan fingerprint density at radius 3 is 2.59 bits per heavy atom. The first-order valence-corrected chi connectivity index (χ1v) is 7.50. The molecule has 118 valence electrons. The number of likely N-dealkylation sites (tertiary alicyclic amines) is 1. The highest BCUT2D eigenvalue weighted by Gasteiger charge is 2.35. The van der Waals surface area contributed by atoms with Gasteiger partial charge in [-0.2, -0.15) is 0 Å². The molecule has 0 bridgehead atoms. The molecule has 1 amide bonds. The molecule has 0 N–H and O–H groups in total. The van der Waals surface area contributed by atoms with E-state index in [2.05, 4.69) is 0 Å². The number of ketones is 1. The van der Waals surface area contributed by atoms with Crippen molar-refractivity contribution in [2.24, 2.45) is 5.92 Å². The number of Topliss-reactive ketones (excluding diaryl/α,β-unsaturated/α-hetero) is 1. The smallest absolute Gasteiger partial charge is 0.316 e. The second-order valence-electron chi connectivity index (χ2n) is 5.59. The van der Waals surface area contributed by atoms with E-state index < -0.39 is 11.9 Å². The molecule has 0 radical (unpaired) electrons. The number of rotatable bonds is 3. The Morgan fingerprint density at radius 2 is 2.00 bits per heavy atom. The third kappa shape index (κ3) is 3.35. The summed E-state index contributed by atoms with van der Waals surface area (Å²) in [5.41, 5.74) is 2.73. The van der Waals surface area contributed by atoms with E-state index in [1.54, 1.807) is 13.0 Å². The van der Waals surface area contributed by atoms with Gasteiger partial charge in [-0.15, -0.1) is 0 Å². The van der Waals surface area contributed by atoms with E-state index in [1.165, 1.54) is 4.90 Å². The van der Waals surface area contributed by atoms with Crippen LogP contribution in [0.3, 0.4) is 0 Å². The summed E-state index contributed by atoms with van der Waals surface area (Å²) >= 11 is 0. The maximum absolute atomic E-state index is 12.5. The number of hydrogen-bond acceptors (Lipinski definition) is 4. The van der Waals surface area contributed by atoms with Crippen LogP contribution in [0, 0.1) is 19.8 Å². The van der Waals surface area contributed by atoms with Crippen molar-refractivity contribution in [3.63, 3.8) is 0 Å². The number of nitrogens with zero attached hydrogens (tertiary/aromatic N) is 1. The van der Waals surface area contributed by atoms with Gasteiger partial charge in [0.1, 0.15) is 5.92 Å². The number of piperidine rings is 1. The molecule has 5 nitrogen and oxygen atoms in total. The van der Waals surface area contributed by atoms with Gasteiger partial charge in [0.05, 0.1) is 13.2 Å². The Bertz CT molecular complexity index is 609. The summed E-state index contributed by atoms with van der Waals surface area (Å²) < 4.78 is 4.90. The monoisotopic (exact) mass is 303 g/mol. The van der Waals surface area contributed by atoms with Crippen molar-refractivity contribution in [3.8, 4) is 0 Å². The lowest BCUT2D eigenvalue weighted by Crippen LogP contribution is -2.46. The molecule has 1 saturated heterocycles. The first kappa shape index (κ1) is 16.2. The molecule has 1 fully saturated rings. The minimum absolute atomic E-state index is 0.0325. The van der Waals surface area contributed by atoms with Crippen LogP contribution in [-0.4, -0.2) is 42.3 Å². The first-order valence-electron chi connectivity index (χ1n) is 7.50. The number of ether oxygens (including phenoxy) is 1. The van der Waals surface area contributed by atoms with E-state index in [4.69, 9.17) is 4.74 Å². The fraction of sp³-hybridized carbons (Fsp3) is 0.471. The van der Waals surface area contributed by atoms with Crippen molar-refractivity contribution in [2.45, 2.75) is 27.2 Å². The highest BCUT2D eigenvalue weighted by Crippen LogP contribution is 2.19. The predicted octanol–water partition coefficient (Wildman–Crippen LogP) is 1.90. The van der Waals surface area contributed by atoms with Crippen molar-refractivity contribution in [3.05, 3.63) is 34.9 Å². The quantitative estimate of drug-likeness (QED) is 0.632. The van der Waals surface area contributed by atoms with Crippen LogP contribution in [0.15, 0.2) is 18.2 Å². The summed E-state index contributed by atoms with van der Waals surface area (Å²) in [4.78, 5) is 37.7. The molecule has 0 spiro atoms. The minimum Gasteiger partial charge on any atom is -0.465 e. The van der Waals surface area contributed by atoms with Gasteiger partial charge in [0, 0.05) is 12.1 Å². The van der Waals surface area contributed by atoms with E-state index in [0.717, 1.165) is 11.1 Å². The van der Waals surface area contributed by atoms with Crippen LogP contribution in [0.4, 0.5) is 0 Å². The second-order valence-corrected chi connectivity index (χ2v) is 5.59. The van der Waals surface area contributed by atoms with E-state index in [1.807, 2.05) is 26.0 Å². The van der Waals surface area contributed by atoms with Crippen LogP contribution in [0.25, 0.3) is 0 Å². The lowest BCUT2D eigenvalue weighted by Gasteiger charge is -2.30. The number of amides is 1. The zero-order valence-electron chi connectivity index (χ0n) is 13.2. The molecule has 1 aliphatic heterocycles. The maximum Gasteiger partial charge on any atom is 0.316 e. The molecule has 2 rings (SSSR count). The minimum atomic E-state index is -0.733. The Hall–Kier alpha value is -2.17. The molecule has 0 aromatic heterocycles. The van der Waals surface area contributed by atoms with Gasteiger partial charge in [0.2, 0.25) is 0 Å². The molecule has 0 aliphatic carbocycles. The number of benzene rings is 1. The zero-order valence-corrected chi connectivity index (χ0v) is 13.2. The molecular weight excluding hydrogens is 282 g/mol. The Kier molecular flexibility index (Phi) is 4.96. The number of carbonyl (C=O) groups is 3. The zero-order chi connectivity index (χ0) is 16.3. The summed E-state index contributed by atoms with van der Waals surface area (Å²) in [6.07, 6.45) is 0.328. The summed E-state index contributed by atoms with van der Waals surface area (Å²) in [5.74, 6) is -1.63. The molecule has 1 aromatic rings. The summed E-state index contributed by atoms with van der Waals surface area (Å²) in [6.45, 7) is 6.26. The van der Waals surface area contributed by atoms with Crippen molar-refractivity contribution in [2.75, 3.05) is 19.7 Å². The third-order valence-electron chi connectivity index (χ3n) is 4.04. The van der Waals surface area contributed by atoms with Crippen molar-refractivity contribution in [1.29, 1.82) is 0 Å². The second kappa shape index (κ2) is 6.73. The van der Waals surface area contributed by atoms with Gasteiger partial charge in [0.15, 0.2) is 5.78 Å². The largest absolute Gasteiger partial charge is 0.465 e. The first-order chi connectivity index (χ1) is 10.4. The average Bonchev–Trinajstić information content (AvgIpc) is 2.49. The third-order valence-corrected chi connectivity index (χ3v) is 4.04. The SMILES string of the molecule is CCOC(=O)C1CCN(C(=O)c2ccc(C)c(C)c2)CC1=O. The fourth-order valence-electron chi connectivity index (χ4n) is 2.55. The molecule has 1 atom stereocenters. The van der Waals surface area contributed by atoms with Crippen LogP contribution in [0.2, 0.25) is 0 Å². The standard InChI is InChI=1S/C17H21NO4/c1-4-22-17(21)14-7-8-18(10-15(14)19)16(20)13-6-5-11(2)12(3)9-13/h5-6,9,14H,4,7-8,10H2,1-3H3. The molecule has 1 aromatic carbocycles. The Morgan fingerprint density at radius 1 is 1.27 bits per heavy atom. The average molecular weight is 303 g/mol. The molecule has 1 heterocycles. The van der Waals surface area contributed by atoms with Crippen molar-refractivity contribution in [1.82, 2.24) is 4.90 Å². The van der Waals surface area contributed by atoms with E-state index in [9.17, 15) is 14.4 Å². The Balaban J connectivity index is 2.06. The maximum atomic E-state index is 12.5. The normalized spacial score (nSPS) is 18.2. The highest BCUT2D eigenvalue weighted by molar-refractivity contribution is 6.04. The Labute approximate surface area is 130 Å². The van der Waals surface area contributed by atoms with Crippen LogP contribution < -0.4 is 0 Å². The van der Waals surface area contributed by atoms with Crippen molar-refractivity contribution >= 4 is 17.7 Å². The van der Waals surface area contributed by atoms with E-state index in [0.29, 0.717) is 18.5 Å². The van der Waals surface area contributed by atoms with Gasteiger partial charge in [-0.25, -0.2) is 0 Å². The molecule has 5 heteroatoms. The van der Waals surface area contributed by atoms with Crippen molar-refractivity contribution < 1.29 is 19.1 Å². The van der Waals surface area contributed by atoms with Gasteiger partial charge in [-0.3, -0.25) is 14.4 Å². The predicted molar refractivity (Wildman–Crippen MR) is 81.6 cm³/mol. The number of carbonyl (C=O) groups excluding carboxylic acids is 3. The fourth-order valence-corrected chi connectivity index (χ4v) is 2.55. The summed E-state index contributed by atoms with van der Waals surface area (Å²) in [6, 6.07) is 5.50. The molecule has 1 aliphatic rings. The molecule has 0 saturated carbocycles. The molecule has 1 unspecified atom stereocenters. The molecular formula is C17H21NO4. The molecule has 22 heavy (non-hydrogen) atoms. The van der Waals surface area contributed by atoms with Crippen LogP contribution in [0.1, 0.15) is 34.8 Å². The summed E-state index contributed by atoms with van der Waals surface area (Å²) in [5, 5.41) is 0. The lowest BCUT2D eigenvalue weighted by molar-refractivity contribution is -0.153. The van der Waals surface area contributed by atoms with Crippen LogP contribution in [-0.2, 0) is 14.3 Å². The van der Waals surface area contributed by atoms with Gasteiger partial charge in [-0.05, 0) is 50.5 Å². The van der Waals surface area contributed by atoms with E-state index in [-0.39, 0.29) is 24.8 Å². The number of esters is 1.